The summed E-state index contributed by atoms with van der Waals surface area (Å²) in [5, 5.41) is 14.7. The van der Waals surface area contributed by atoms with Gasteiger partial charge in [-0.2, -0.15) is 29.9 Å². The Bertz CT molecular complexity index is 5790. The van der Waals surface area contributed by atoms with E-state index >= 15 is 0 Å². The third kappa shape index (κ3) is 27.2. The van der Waals surface area contributed by atoms with E-state index in [-0.39, 0.29) is 134 Å². The maximum atomic E-state index is 13.7. The Balaban J connectivity index is 0.000000169. The zero-order chi connectivity index (χ0) is 94.5. The lowest BCUT2D eigenvalue weighted by molar-refractivity contribution is -0.384. The maximum absolute atomic E-state index is 13.7. The Morgan fingerprint density at radius 1 is 0.406 bits per heavy atom. The fourth-order valence-electron chi connectivity index (χ4n) is 16.7. The molecule has 706 valence electrons. The Morgan fingerprint density at radius 2 is 0.707 bits per heavy atom. The Kier molecular flexibility index (Phi) is 32.7. The molecule has 0 saturated heterocycles. The summed E-state index contributed by atoms with van der Waals surface area (Å²) in [6.45, 7) is 22.1. The highest BCUT2D eigenvalue weighted by Crippen LogP contribution is 2.40. The zero-order valence-electron chi connectivity index (χ0n) is 78.2. The van der Waals surface area contributed by atoms with Gasteiger partial charge in [-0.3, -0.25) is 24.5 Å². The highest BCUT2D eigenvalue weighted by atomic mass is 19.1. The van der Waals surface area contributed by atoms with Gasteiger partial charge in [-0.25, -0.2) is 48.4 Å². The van der Waals surface area contributed by atoms with Gasteiger partial charge >= 0.3 is 36.2 Å². The van der Waals surface area contributed by atoms with Gasteiger partial charge in [-0.15, -0.1) is 0 Å². The molecule has 0 unspecified atom stereocenters. The topological polar surface area (TPSA) is 372 Å². The number of ether oxygens (including phenoxy) is 8. The number of carbonyl (C=O) groups excluding carboxylic acids is 6. The number of fused-ring (bicyclic) bond motifs is 3. The number of nitro benzene ring substituents is 1. The zero-order valence-corrected chi connectivity index (χ0v) is 78.2. The number of non-ortho nitro benzene ring substituents is 1. The van der Waals surface area contributed by atoms with Crippen molar-refractivity contribution in [2.45, 2.75) is 291 Å². The molecule has 0 aliphatic heterocycles. The summed E-state index contributed by atoms with van der Waals surface area (Å²) in [5.41, 5.74) is 6.13. The predicted molar refractivity (Wildman–Crippen MR) is 500 cm³/mol. The van der Waals surface area contributed by atoms with E-state index < -0.39 is 57.8 Å². The lowest BCUT2D eigenvalue weighted by atomic mass is 9.84. The van der Waals surface area contributed by atoms with Crippen LogP contribution in [0.4, 0.5) is 48.1 Å². The molecule has 133 heavy (non-hydrogen) atoms. The molecule has 3 amide bonds. The van der Waals surface area contributed by atoms with Gasteiger partial charge in [0.1, 0.15) is 53.8 Å². The number of benzene rings is 5. The number of halogens is 1. The number of amides is 3. The van der Waals surface area contributed by atoms with Crippen LogP contribution in [0.25, 0.3) is 33.5 Å². The van der Waals surface area contributed by atoms with Crippen molar-refractivity contribution in [1.82, 2.24) is 58.6 Å². The predicted octanol–water partition coefficient (Wildman–Crippen LogP) is 21.5. The number of carbonyl (C=O) groups is 6. The average Bonchev–Trinajstić information content (AvgIpc) is 1.67. The van der Waals surface area contributed by atoms with Gasteiger partial charge in [0.15, 0.2) is 39.3 Å². The molecule has 5 aromatic carbocycles. The summed E-state index contributed by atoms with van der Waals surface area (Å²) < 4.78 is 63.1. The van der Waals surface area contributed by atoms with Gasteiger partial charge in [0.2, 0.25) is 17.8 Å². The summed E-state index contributed by atoms with van der Waals surface area (Å²) >= 11 is 0. The van der Waals surface area contributed by atoms with E-state index in [4.69, 9.17) is 47.9 Å². The van der Waals surface area contributed by atoms with Crippen molar-refractivity contribution in [3.05, 3.63) is 190 Å². The molecule has 0 spiro atoms. The number of anilines is 4. The van der Waals surface area contributed by atoms with Crippen LogP contribution in [0, 0.1) is 15.9 Å². The molecule has 4 aliphatic rings. The fraction of sp³-hybridized carbons (Fsp3) is 0.485. The number of esters is 3. The van der Waals surface area contributed by atoms with E-state index in [1.807, 2.05) is 45.0 Å². The van der Waals surface area contributed by atoms with Crippen molar-refractivity contribution >= 4 is 99.0 Å². The second-order valence-corrected chi connectivity index (χ2v) is 36.9. The summed E-state index contributed by atoms with van der Waals surface area (Å²) in [7, 11) is 0. The molecule has 15 rings (SSSR count). The minimum Gasteiger partial charge on any atom is -0.465 e. The van der Waals surface area contributed by atoms with Crippen molar-refractivity contribution in [3.8, 4) is 23.3 Å². The largest absolute Gasteiger partial charge is 0.465 e. The Labute approximate surface area is 773 Å². The summed E-state index contributed by atoms with van der Waals surface area (Å²) in [5.74, 6) is 1.17. The van der Waals surface area contributed by atoms with Crippen LogP contribution >= 0.6 is 0 Å². The van der Waals surface area contributed by atoms with Crippen molar-refractivity contribution in [3.63, 3.8) is 0 Å². The highest BCUT2D eigenvalue weighted by molar-refractivity contribution is 5.92. The average molecular weight is 1830 g/mol. The first-order valence-electron chi connectivity index (χ1n) is 46.4. The molecule has 4 fully saturated rings. The third-order valence-electron chi connectivity index (χ3n) is 23.1. The molecule has 6 aromatic heterocycles. The first-order chi connectivity index (χ1) is 63.8. The molecule has 4 saturated carbocycles. The second kappa shape index (κ2) is 44.7. The van der Waals surface area contributed by atoms with Crippen LogP contribution in [0.2, 0.25) is 0 Å². The van der Waals surface area contributed by atoms with Gasteiger partial charge in [0.05, 0.1) is 63.4 Å². The normalized spacial score (nSPS) is 14.7. The molecule has 34 heteroatoms. The SMILES string of the molecule is CCOC(=O)Cn1cnc2c(NC3CCCCC3)nc(N(Cc3ccc(C4CCCCC4)cc3)C(=O)OC(C)(C)C)nc21.CCOC(=O)Cn1cnc2c(Oc3ccc(F)cc3)nc(N(Cc3ccc(C4CCCCC4)cc3)C(=O)OC(C)(C)C)nc21.CCOC(=O)Cn1cnc2c(Oc3ccc([N+](=O)[O-])cc3)nc(N(Cc3ccc(C4CCCCC4)cc3)C(=O)OC(C)(C)C)nc21. The molecule has 11 aromatic rings. The molecule has 4 aliphatic carbocycles. The van der Waals surface area contributed by atoms with Crippen LogP contribution < -0.4 is 29.5 Å². The number of rotatable bonds is 28. The van der Waals surface area contributed by atoms with Gasteiger partial charge in [0.25, 0.3) is 17.4 Å². The number of nitrogens with one attached hydrogen (secondary N) is 1. The molecular weight excluding hydrogens is 1700 g/mol. The second-order valence-electron chi connectivity index (χ2n) is 36.9. The number of aromatic nitrogens is 12. The molecular formula is C99H122FN17O16. The molecule has 0 bridgehead atoms. The first-order valence-corrected chi connectivity index (χ1v) is 46.4. The monoisotopic (exact) mass is 1820 g/mol. The number of nitro groups is 1. The molecule has 6 heterocycles. The van der Waals surface area contributed by atoms with Crippen LogP contribution in [-0.2, 0) is 82.1 Å². The Morgan fingerprint density at radius 3 is 1.02 bits per heavy atom. The van der Waals surface area contributed by atoms with Crippen molar-refractivity contribution in [2.24, 2.45) is 0 Å². The number of hydrogen-bond donors (Lipinski definition) is 1. The van der Waals surface area contributed by atoms with Crippen LogP contribution in [0.5, 0.6) is 23.3 Å². The molecule has 33 nitrogen and oxygen atoms in total. The van der Waals surface area contributed by atoms with E-state index in [0.29, 0.717) is 40.5 Å². The third-order valence-corrected chi connectivity index (χ3v) is 23.1. The summed E-state index contributed by atoms with van der Waals surface area (Å²) in [6, 6.07) is 36.2. The Hall–Kier alpha value is -13.3. The number of hydrogen-bond acceptors (Lipinski definition) is 26. The molecule has 0 atom stereocenters. The molecule has 0 radical (unpaired) electrons. The van der Waals surface area contributed by atoms with E-state index in [1.165, 1.54) is 204 Å². The van der Waals surface area contributed by atoms with Gasteiger partial charge in [-0.05, 0) is 222 Å². The lowest BCUT2D eigenvalue weighted by Crippen LogP contribution is -2.37. The van der Waals surface area contributed by atoms with Crippen molar-refractivity contribution in [2.75, 3.05) is 39.8 Å². The maximum Gasteiger partial charge on any atom is 0.417 e. The fourth-order valence-corrected chi connectivity index (χ4v) is 16.7. The highest BCUT2D eigenvalue weighted by Gasteiger charge is 2.35. The molecule has 1 N–H and O–H groups in total. The lowest BCUT2D eigenvalue weighted by Gasteiger charge is -2.27. The first kappa shape index (κ1) is 97.2. The summed E-state index contributed by atoms with van der Waals surface area (Å²) in [4.78, 5) is 135. The quantitative estimate of drug-likeness (QED) is 0.0206. The van der Waals surface area contributed by atoms with Gasteiger partial charge in [0, 0.05) is 18.2 Å². The van der Waals surface area contributed by atoms with Crippen LogP contribution in [0.1, 0.15) is 263 Å². The number of imidazole rings is 3. The smallest absolute Gasteiger partial charge is 0.417 e. The van der Waals surface area contributed by atoms with Crippen molar-refractivity contribution in [1.29, 1.82) is 0 Å². The van der Waals surface area contributed by atoms with Crippen LogP contribution in [0.15, 0.2) is 140 Å². The van der Waals surface area contributed by atoms with Crippen molar-refractivity contribution < 1.29 is 76.0 Å². The van der Waals surface area contributed by atoms with E-state index in [2.05, 4.69) is 88.7 Å². The van der Waals surface area contributed by atoms with Crippen LogP contribution in [0.3, 0.4) is 0 Å². The van der Waals surface area contributed by atoms with E-state index in [0.717, 1.165) is 42.4 Å². The van der Waals surface area contributed by atoms with E-state index in [1.54, 1.807) is 73.2 Å². The van der Waals surface area contributed by atoms with Gasteiger partial charge < -0.3 is 56.9 Å². The van der Waals surface area contributed by atoms with Crippen LogP contribution in [-0.4, -0.2) is 142 Å². The van der Waals surface area contributed by atoms with Gasteiger partial charge in [-0.1, -0.05) is 150 Å². The van der Waals surface area contributed by atoms with E-state index in [9.17, 15) is 43.3 Å². The number of nitrogens with zero attached hydrogens (tertiary/aromatic N) is 16. The summed E-state index contributed by atoms with van der Waals surface area (Å²) in [6.07, 6.45) is 26.7. The standard InChI is InChI=1S/C33H38FN5O5.C33H38N6O7.C33H46N6O4/c1-5-42-27(40)20-38-21-35-28-29(38)36-31(37-30(28)43-26-17-15-25(34)16-18-26)39(32(41)44-33(2,3)4)19-22-11-13-24(14-12-22)23-9-7-6-8-10-23;1-5-44-27(40)20-37-21-34-28-29(37)35-31(36-30(28)45-26-17-15-25(16-18-26)39(42)43)38(32(41)46-33(2,3)4)19-22-11-13-24(14-12-22)23-9-7-6-8-10-23;1-5-42-27(40)21-38-22-34-28-29(35-26-14-10-7-11-15-26)36-31(37-30(28)38)39(32(41)43-33(2,3)4)20-23-16-18-25(19-17-23)24-12-8-6-9-13-24/h11-18,21,23H,5-10,19-20H2,1-4H3;11-18,21,23H,5-10,19-20H2,1-4H3;16-19,22,24,26H,5-15,20-21H2,1-4H3,(H,35,36,37). The minimum atomic E-state index is -0.811. The minimum absolute atomic E-state index is 0.00849.